The summed E-state index contributed by atoms with van der Waals surface area (Å²) in [5, 5.41) is 4.45. The van der Waals surface area contributed by atoms with Crippen molar-refractivity contribution in [2.75, 3.05) is 0 Å². The number of aromatic nitrogens is 2. The molecule has 3 heteroatoms. The molecule has 2 aromatic rings. The molecule has 1 unspecified atom stereocenters. The van der Waals surface area contributed by atoms with Crippen LogP contribution >= 0.6 is 0 Å². The second-order valence-corrected chi connectivity index (χ2v) is 5.07. The van der Waals surface area contributed by atoms with Gasteiger partial charge < -0.3 is 5.73 Å². The number of hydrogen-bond acceptors (Lipinski definition) is 2. The molecule has 3 nitrogen and oxygen atoms in total. The Hall–Kier alpha value is -1.61. The van der Waals surface area contributed by atoms with Gasteiger partial charge in [-0.15, -0.1) is 0 Å². The molecule has 0 bridgehead atoms. The van der Waals surface area contributed by atoms with Gasteiger partial charge in [0.2, 0.25) is 0 Å². The van der Waals surface area contributed by atoms with E-state index in [0.717, 1.165) is 17.8 Å². The molecular formula is C15H21N3. The molecule has 0 fully saturated rings. The highest BCUT2D eigenvalue weighted by molar-refractivity contribution is 5.32. The first kappa shape index (κ1) is 12.8. The molecule has 2 N–H and O–H groups in total. The average Bonchev–Trinajstić information content (AvgIpc) is 2.64. The van der Waals surface area contributed by atoms with Gasteiger partial charge in [0.1, 0.15) is 0 Å². The number of hydrogen-bond donors (Lipinski definition) is 1. The van der Waals surface area contributed by atoms with Crippen molar-refractivity contribution in [1.82, 2.24) is 9.78 Å². The maximum Gasteiger partial charge on any atom is 0.0797 e. The highest BCUT2D eigenvalue weighted by Gasteiger charge is 2.12. The number of nitrogens with two attached hydrogens (primary N) is 1. The van der Waals surface area contributed by atoms with Crippen LogP contribution in [0.1, 0.15) is 34.1 Å². The molecule has 0 amide bonds. The van der Waals surface area contributed by atoms with E-state index in [4.69, 9.17) is 5.73 Å². The van der Waals surface area contributed by atoms with Crippen LogP contribution in [0.15, 0.2) is 24.3 Å². The Labute approximate surface area is 109 Å². The largest absolute Gasteiger partial charge is 0.322 e. The Balaban J connectivity index is 2.20. The molecule has 1 heterocycles. The minimum atomic E-state index is -0.0367. The molecule has 2 rings (SSSR count). The lowest BCUT2D eigenvalue weighted by atomic mass is 9.98. The third-order valence-corrected chi connectivity index (χ3v) is 3.46. The maximum absolute atomic E-state index is 6.25. The van der Waals surface area contributed by atoms with Gasteiger partial charge in [0.15, 0.2) is 0 Å². The van der Waals surface area contributed by atoms with Crippen LogP contribution in [-0.4, -0.2) is 9.78 Å². The van der Waals surface area contributed by atoms with Gasteiger partial charge in [-0.25, -0.2) is 0 Å². The van der Waals surface area contributed by atoms with E-state index in [9.17, 15) is 0 Å². The van der Waals surface area contributed by atoms with Gasteiger partial charge in [0, 0.05) is 12.7 Å². The summed E-state index contributed by atoms with van der Waals surface area (Å²) in [6.07, 6.45) is 0.837. The summed E-state index contributed by atoms with van der Waals surface area (Å²) < 4.78 is 1.87. The van der Waals surface area contributed by atoms with Gasteiger partial charge >= 0.3 is 0 Å². The molecule has 1 aromatic carbocycles. The zero-order valence-corrected chi connectivity index (χ0v) is 11.6. The van der Waals surface area contributed by atoms with E-state index in [1.807, 2.05) is 18.7 Å². The van der Waals surface area contributed by atoms with Crippen LogP contribution in [0.5, 0.6) is 0 Å². The van der Waals surface area contributed by atoms with Crippen molar-refractivity contribution in [1.29, 1.82) is 0 Å². The van der Waals surface area contributed by atoms with Gasteiger partial charge in [-0.05, 0) is 44.4 Å². The van der Waals surface area contributed by atoms with Gasteiger partial charge in [-0.3, -0.25) is 4.68 Å². The van der Waals surface area contributed by atoms with Crippen LogP contribution in [0.4, 0.5) is 0 Å². The Kier molecular flexibility index (Phi) is 3.53. The van der Waals surface area contributed by atoms with E-state index in [0.29, 0.717) is 0 Å². The van der Waals surface area contributed by atoms with Crippen molar-refractivity contribution in [3.63, 3.8) is 0 Å². The van der Waals surface area contributed by atoms with Crippen molar-refractivity contribution in [3.8, 4) is 0 Å². The predicted molar refractivity (Wildman–Crippen MR) is 74.5 cm³/mol. The molecule has 0 radical (unpaired) electrons. The first-order valence-corrected chi connectivity index (χ1v) is 6.29. The number of aryl methyl sites for hydroxylation is 4. The zero-order valence-electron chi connectivity index (χ0n) is 11.6. The minimum absolute atomic E-state index is 0.0367. The molecule has 18 heavy (non-hydrogen) atoms. The fraction of sp³-hybridized carbons (Fsp3) is 0.400. The second-order valence-electron chi connectivity index (χ2n) is 5.07. The van der Waals surface area contributed by atoms with Crippen molar-refractivity contribution in [3.05, 3.63) is 52.3 Å². The van der Waals surface area contributed by atoms with Gasteiger partial charge in [0.05, 0.1) is 11.7 Å². The number of benzene rings is 1. The van der Waals surface area contributed by atoms with Gasteiger partial charge in [0.25, 0.3) is 0 Å². The van der Waals surface area contributed by atoms with E-state index in [2.05, 4.69) is 43.2 Å². The normalized spacial score (nSPS) is 12.7. The summed E-state index contributed by atoms with van der Waals surface area (Å²) in [6, 6.07) is 8.53. The van der Waals surface area contributed by atoms with E-state index < -0.39 is 0 Å². The summed E-state index contributed by atoms with van der Waals surface area (Å²) in [5.41, 5.74) is 12.2. The lowest BCUT2D eigenvalue weighted by Gasteiger charge is -2.12. The standard InChI is InChI=1S/C15H21N3/c1-10-5-6-11(2)13(7-10)9-14(16)15-8-12(3)18(4)17-15/h5-8,14H,9,16H2,1-4H3. The zero-order chi connectivity index (χ0) is 13.3. The highest BCUT2D eigenvalue weighted by Crippen LogP contribution is 2.19. The molecule has 0 aliphatic heterocycles. The van der Waals surface area contributed by atoms with Crippen molar-refractivity contribution in [2.24, 2.45) is 12.8 Å². The van der Waals surface area contributed by atoms with Crippen LogP contribution in [0.3, 0.4) is 0 Å². The SMILES string of the molecule is Cc1ccc(C)c(CC(N)c2cc(C)n(C)n2)c1. The number of rotatable bonds is 3. The molecule has 0 aliphatic carbocycles. The molecular weight excluding hydrogens is 222 g/mol. The minimum Gasteiger partial charge on any atom is -0.322 e. The van der Waals surface area contributed by atoms with E-state index in [1.54, 1.807) is 0 Å². The summed E-state index contributed by atoms with van der Waals surface area (Å²) in [4.78, 5) is 0. The Morgan fingerprint density at radius 3 is 2.56 bits per heavy atom. The van der Waals surface area contributed by atoms with Gasteiger partial charge in [-0.1, -0.05) is 23.8 Å². The fourth-order valence-corrected chi connectivity index (χ4v) is 2.13. The second kappa shape index (κ2) is 4.94. The molecule has 0 saturated carbocycles. The lowest BCUT2D eigenvalue weighted by Crippen LogP contribution is -2.15. The Bertz CT molecular complexity index is 535. The summed E-state index contributed by atoms with van der Waals surface area (Å²) in [5.74, 6) is 0. The van der Waals surface area contributed by atoms with Crippen molar-refractivity contribution in [2.45, 2.75) is 33.2 Å². The first-order chi connectivity index (χ1) is 8.47. The van der Waals surface area contributed by atoms with E-state index in [1.165, 1.54) is 16.7 Å². The van der Waals surface area contributed by atoms with Crippen LogP contribution < -0.4 is 5.73 Å². The highest BCUT2D eigenvalue weighted by atomic mass is 15.3. The summed E-state index contributed by atoms with van der Waals surface area (Å²) >= 11 is 0. The van der Waals surface area contributed by atoms with Crippen LogP contribution in [0.25, 0.3) is 0 Å². The predicted octanol–water partition coefficient (Wildman–Crippen LogP) is 2.59. The third-order valence-electron chi connectivity index (χ3n) is 3.46. The van der Waals surface area contributed by atoms with Crippen LogP contribution in [0.2, 0.25) is 0 Å². The molecule has 0 saturated heterocycles. The quantitative estimate of drug-likeness (QED) is 0.900. The monoisotopic (exact) mass is 243 g/mol. The maximum atomic E-state index is 6.25. The van der Waals surface area contributed by atoms with Crippen molar-refractivity contribution >= 4 is 0 Å². The molecule has 0 spiro atoms. The summed E-state index contributed by atoms with van der Waals surface area (Å²) in [7, 11) is 1.95. The van der Waals surface area contributed by atoms with Crippen molar-refractivity contribution < 1.29 is 0 Å². The average molecular weight is 243 g/mol. The fourth-order valence-electron chi connectivity index (χ4n) is 2.13. The van der Waals surface area contributed by atoms with Crippen LogP contribution in [-0.2, 0) is 13.5 Å². The molecule has 96 valence electrons. The molecule has 1 atom stereocenters. The van der Waals surface area contributed by atoms with Crippen LogP contribution in [0, 0.1) is 20.8 Å². The lowest BCUT2D eigenvalue weighted by molar-refractivity contribution is 0.650. The topological polar surface area (TPSA) is 43.8 Å². The Morgan fingerprint density at radius 2 is 1.94 bits per heavy atom. The summed E-state index contributed by atoms with van der Waals surface area (Å²) in [6.45, 7) is 6.28. The molecule has 0 aliphatic rings. The first-order valence-electron chi connectivity index (χ1n) is 6.29. The van der Waals surface area contributed by atoms with Gasteiger partial charge in [-0.2, -0.15) is 5.10 Å². The Morgan fingerprint density at radius 1 is 1.22 bits per heavy atom. The van der Waals surface area contributed by atoms with E-state index in [-0.39, 0.29) is 6.04 Å². The number of nitrogens with zero attached hydrogens (tertiary/aromatic N) is 2. The third kappa shape index (κ3) is 2.62. The molecule has 1 aromatic heterocycles. The smallest absolute Gasteiger partial charge is 0.0797 e. The van der Waals surface area contributed by atoms with E-state index >= 15 is 0 Å².